The smallest absolute Gasteiger partial charge is 0.00719 e. The van der Waals surface area contributed by atoms with Gasteiger partial charge in [0.15, 0.2) is 0 Å². The van der Waals surface area contributed by atoms with E-state index in [-0.39, 0.29) is 0 Å². The maximum atomic E-state index is 3.56. The van der Waals surface area contributed by atoms with E-state index >= 15 is 0 Å². The van der Waals surface area contributed by atoms with Crippen molar-refractivity contribution in [2.24, 2.45) is 0 Å². The molecule has 1 N–H and O–H groups in total. The molecule has 0 heterocycles. The number of hydrogen-bond donors (Lipinski definition) is 1. The summed E-state index contributed by atoms with van der Waals surface area (Å²) in [6, 6.07) is 11.6. The van der Waals surface area contributed by atoms with Crippen LogP contribution in [-0.4, -0.2) is 18.3 Å². The minimum atomic E-state index is 0.874. The number of thioether (sulfide) groups is 1. The van der Waals surface area contributed by atoms with Gasteiger partial charge < -0.3 is 5.32 Å². The van der Waals surface area contributed by atoms with Crippen LogP contribution >= 0.6 is 11.8 Å². The number of unbranched alkanes of at least 4 members (excludes halogenated alkanes) is 2. The second kappa shape index (κ2) is 6.97. The van der Waals surface area contributed by atoms with Gasteiger partial charge in [0.2, 0.25) is 0 Å². The van der Waals surface area contributed by atoms with Crippen molar-refractivity contribution in [1.29, 1.82) is 0 Å². The summed E-state index contributed by atoms with van der Waals surface area (Å²) in [5.41, 5.74) is 0. The van der Waals surface area contributed by atoms with Gasteiger partial charge in [-0.3, -0.25) is 0 Å². The third kappa shape index (κ3) is 5.04. The van der Waals surface area contributed by atoms with E-state index in [9.17, 15) is 0 Å². The molecule has 1 aliphatic carbocycles. The predicted molar refractivity (Wildman–Crippen MR) is 72.0 cm³/mol. The van der Waals surface area contributed by atoms with E-state index in [0.717, 1.165) is 6.04 Å². The quantitative estimate of drug-likeness (QED) is 0.544. The molecule has 1 aromatic rings. The molecule has 1 aromatic carbocycles. The Labute approximate surface area is 103 Å². The zero-order chi connectivity index (χ0) is 11.1. The molecule has 16 heavy (non-hydrogen) atoms. The Morgan fingerprint density at radius 2 is 1.88 bits per heavy atom. The Morgan fingerprint density at radius 3 is 2.62 bits per heavy atom. The van der Waals surface area contributed by atoms with E-state index in [0.29, 0.717) is 0 Å². The van der Waals surface area contributed by atoms with E-state index in [1.807, 2.05) is 11.8 Å². The molecule has 0 aromatic heterocycles. The molecule has 0 unspecified atom stereocenters. The summed E-state index contributed by atoms with van der Waals surface area (Å²) in [6.07, 6.45) is 6.85. The molecule has 88 valence electrons. The van der Waals surface area contributed by atoms with E-state index in [1.165, 1.54) is 49.3 Å². The van der Waals surface area contributed by atoms with E-state index in [4.69, 9.17) is 0 Å². The first-order valence-corrected chi connectivity index (χ1v) is 7.35. The summed E-state index contributed by atoms with van der Waals surface area (Å²) in [6.45, 7) is 1.22. The lowest BCUT2D eigenvalue weighted by molar-refractivity contribution is 0.615. The molecule has 0 spiro atoms. The second-order valence-corrected chi connectivity index (χ2v) is 5.62. The molecule has 0 bridgehead atoms. The molecule has 2 rings (SSSR count). The number of hydrogen-bond acceptors (Lipinski definition) is 2. The average Bonchev–Trinajstić information content (AvgIpc) is 3.13. The summed E-state index contributed by atoms with van der Waals surface area (Å²) >= 11 is 1.98. The molecule has 0 atom stereocenters. The number of rotatable bonds is 8. The zero-order valence-electron chi connectivity index (χ0n) is 9.82. The summed E-state index contributed by atoms with van der Waals surface area (Å²) in [5.74, 6) is 1.26. The van der Waals surface area contributed by atoms with Crippen LogP contribution in [0.3, 0.4) is 0 Å². The highest BCUT2D eigenvalue weighted by Gasteiger charge is 2.19. The molecule has 0 amide bonds. The Morgan fingerprint density at radius 1 is 1.06 bits per heavy atom. The van der Waals surface area contributed by atoms with Crippen molar-refractivity contribution in [3.8, 4) is 0 Å². The van der Waals surface area contributed by atoms with Crippen molar-refractivity contribution in [3.05, 3.63) is 30.3 Å². The molecule has 1 saturated carbocycles. The highest BCUT2D eigenvalue weighted by molar-refractivity contribution is 7.99. The first-order valence-electron chi connectivity index (χ1n) is 6.36. The average molecular weight is 235 g/mol. The monoisotopic (exact) mass is 235 g/mol. The van der Waals surface area contributed by atoms with Crippen molar-refractivity contribution >= 4 is 11.8 Å². The highest BCUT2D eigenvalue weighted by Crippen LogP contribution is 2.20. The van der Waals surface area contributed by atoms with Crippen LogP contribution in [-0.2, 0) is 0 Å². The minimum Gasteiger partial charge on any atom is -0.314 e. The van der Waals surface area contributed by atoms with Gasteiger partial charge in [0.05, 0.1) is 0 Å². The van der Waals surface area contributed by atoms with Crippen molar-refractivity contribution in [1.82, 2.24) is 5.32 Å². The van der Waals surface area contributed by atoms with Crippen molar-refractivity contribution < 1.29 is 0 Å². The second-order valence-electron chi connectivity index (χ2n) is 4.45. The Bertz CT molecular complexity index is 282. The number of benzene rings is 1. The van der Waals surface area contributed by atoms with Crippen LogP contribution in [0, 0.1) is 0 Å². The maximum Gasteiger partial charge on any atom is 0.00719 e. The van der Waals surface area contributed by atoms with Crippen LogP contribution in [0.2, 0.25) is 0 Å². The minimum absolute atomic E-state index is 0.874. The Balaban J connectivity index is 1.42. The third-order valence-corrected chi connectivity index (χ3v) is 3.94. The molecular weight excluding hydrogens is 214 g/mol. The zero-order valence-corrected chi connectivity index (χ0v) is 10.6. The summed E-state index contributed by atoms with van der Waals surface area (Å²) < 4.78 is 0. The lowest BCUT2D eigenvalue weighted by atomic mass is 10.2. The molecule has 2 heteroatoms. The molecule has 1 nitrogen and oxygen atoms in total. The molecule has 0 aliphatic heterocycles. The lowest BCUT2D eigenvalue weighted by Gasteiger charge is -2.03. The van der Waals surface area contributed by atoms with Gasteiger partial charge in [0.25, 0.3) is 0 Å². The normalized spacial score (nSPS) is 15.2. The maximum absolute atomic E-state index is 3.56. The van der Waals surface area contributed by atoms with Crippen LogP contribution in [0.4, 0.5) is 0 Å². The topological polar surface area (TPSA) is 12.0 Å². The molecule has 0 saturated heterocycles. The van der Waals surface area contributed by atoms with Crippen molar-refractivity contribution in [2.75, 3.05) is 12.3 Å². The fourth-order valence-corrected chi connectivity index (χ4v) is 2.64. The fraction of sp³-hybridized carbons (Fsp3) is 0.571. The summed E-state index contributed by atoms with van der Waals surface area (Å²) in [4.78, 5) is 1.40. The summed E-state index contributed by atoms with van der Waals surface area (Å²) in [5, 5.41) is 3.56. The van der Waals surface area contributed by atoms with Gasteiger partial charge in [-0.15, -0.1) is 11.8 Å². The SMILES string of the molecule is c1ccc(SCCCCCNC2CC2)cc1. The first-order chi connectivity index (χ1) is 7.95. The summed E-state index contributed by atoms with van der Waals surface area (Å²) in [7, 11) is 0. The van der Waals surface area contributed by atoms with Crippen molar-refractivity contribution in [3.63, 3.8) is 0 Å². The lowest BCUT2D eigenvalue weighted by Crippen LogP contribution is -2.17. The highest BCUT2D eigenvalue weighted by atomic mass is 32.2. The van der Waals surface area contributed by atoms with Gasteiger partial charge in [0.1, 0.15) is 0 Å². The van der Waals surface area contributed by atoms with Gasteiger partial charge >= 0.3 is 0 Å². The van der Waals surface area contributed by atoms with E-state index < -0.39 is 0 Å². The van der Waals surface area contributed by atoms with E-state index in [2.05, 4.69) is 35.6 Å². The van der Waals surface area contributed by atoms with Gasteiger partial charge in [0, 0.05) is 10.9 Å². The predicted octanol–water partition coefficient (Wildman–Crippen LogP) is 3.70. The number of nitrogens with one attached hydrogen (secondary N) is 1. The molecular formula is C14H21NS. The van der Waals surface area contributed by atoms with Gasteiger partial charge in [-0.25, -0.2) is 0 Å². The molecule has 0 radical (unpaired) electrons. The van der Waals surface area contributed by atoms with Crippen molar-refractivity contribution in [2.45, 2.75) is 43.0 Å². The third-order valence-electron chi connectivity index (χ3n) is 2.84. The molecule has 1 aliphatic rings. The Hall–Kier alpha value is -0.470. The van der Waals surface area contributed by atoms with Crippen LogP contribution < -0.4 is 5.32 Å². The molecule has 1 fully saturated rings. The van der Waals surface area contributed by atoms with E-state index in [1.54, 1.807) is 0 Å². The largest absolute Gasteiger partial charge is 0.314 e. The van der Waals surface area contributed by atoms with Crippen LogP contribution in [0.5, 0.6) is 0 Å². The first kappa shape index (κ1) is 12.0. The van der Waals surface area contributed by atoms with Crippen LogP contribution in [0.1, 0.15) is 32.1 Å². The fourth-order valence-electron chi connectivity index (χ4n) is 1.70. The van der Waals surface area contributed by atoms with Gasteiger partial charge in [-0.05, 0) is 50.1 Å². The van der Waals surface area contributed by atoms with Crippen LogP contribution in [0.25, 0.3) is 0 Å². The van der Waals surface area contributed by atoms with Gasteiger partial charge in [-0.2, -0.15) is 0 Å². The van der Waals surface area contributed by atoms with Crippen LogP contribution in [0.15, 0.2) is 35.2 Å². The Kier molecular flexibility index (Phi) is 5.23. The standard InChI is InChI=1S/C14H21NS/c1-3-7-14(8-4-1)16-12-6-2-5-11-15-13-9-10-13/h1,3-4,7-8,13,15H,2,5-6,9-12H2. The van der Waals surface area contributed by atoms with Gasteiger partial charge in [-0.1, -0.05) is 24.6 Å².